The average molecular weight is 323 g/mol. The second-order valence-corrected chi connectivity index (χ2v) is 4.87. The standard InChI is InChI=1S/C14H12F3N5O/c15-14(16,17)9-3-1-2-8(4-9)11(23)6-18-12-10-5-21-22-13(10)20-7-19-12/h1-5,7,11,23H,6H2,(H2,18,19,20,21,22). The van der Waals surface area contributed by atoms with Gasteiger partial charge in [-0.15, -0.1) is 0 Å². The van der Waals surface area contributed by atoms with Crippen LogP contribution in [-0.4, -0.2) is 31.8 Å². The molecule has 3 aromatic rings. The van der Waals surface area contributed by atoms with Crippen molar-refractivity contribution in [2.75, 3.05) is 11.9 Å². The minimum Gasteiger partial charge on any atom is -0.387 e. The van der Waals surface area contributed by atoms with E-state index in [1.54, 1.807) is 0 Å². The molecular formula is C14H12F3N5O. The fraction of sp³-hybridized carbons (Fsp3) is 0.214. The Kier molecular flexibility index (Phi) is 3.87. The minimum absolute atomic E-state index is 0.00139. The fourth-order valence-corrected chi connectivity index (χ4v) is 2.14. The number of halogens is 3. The number of aromatic nitrogens is 4. The van der Waals surface area contributed by atoms with E-state index in [1.165, 1.54) is 24.7 Å². The molecule has 0 aliphatic carbocycles. The highest BCUT2D eigenvalue weighted by Crippen LogP contribution is 2.30. The molecule has 3 N–H and O–H groups in total. The molecule has 23 heavy (non-hydrogen) atoms. The summed E-state index contributed by atoms with van der Waals surface area (Å²) < 4.78 is 38.1. The number of aliphatic hydroxyl groups is 1. The topological polar surface area (TPSA) is 86.7 Å². The van der Waals surface area contributed by atoms with Crippen LogP contribution in [0.15, 0.2) is 36.8 Å². The summed E-state index contributed by atoms with van der Waals surface area (Å²) in [6.07, 6.45) is -2.72. The molecule has 0 saturated carbocycles. The Bertz CT molecular complexity index is 817. The van der Waals surface area contributed by atoms with E-state index in [0.717, 1.165) is 12.1 Å². The molecule has 6 nitrogen and oxygen atoms in total. The molecule has 0 spiro atoms. The number of fused-ring (bicyclic) bond motifs is 1. The van der Waals surface area contributed by atoms with Crippen LogP contribution in [0.2, 0.25) is 0 Å². The molecule has 120 valence electrons. The summed E-state index contributed by atoms with van der Waals surface area (Å²) in [6, 6.07) is 4.60. The van der Waals surface area contributed by atoms with E-state index in [-0.39, 0.29) is 12.1 Å². The Hall–Kier alpha value is -2.68. The summed E-state index contributed by atoms with van der Waals surface area (Å²) in [7, 11) is 0. The van der Waals surface area contributed by atoms with Crippen molar-refractivity contribution in [3.8, 4) is 0 Å². The lowest BCUT2D eigenvalue weighted by molar-refractivity contribution is -0.137. The van der Waals surface area contributed by atoms with Crippen LogP contribution >= 0.6 is 0 Å². The van der Waals surface area contributed by atoms with Gasteiger partial charge in [-0.1, -0.05) is 12.1 Å². The van der Waals surface area contributed by atoms with Crippen LogP contribution in [0, 0.1) is 0 Å². The van der Waals surface area contributed by atoms with Crippen LogP contribution in [0.5, 0.6) is 0 Å². The molecule has 0 bridgehead atoms. The first-order chi connectivity index (χ1) is 10.9. The van der Waals surface area contributed by atoms with Crippen LogP contribution in [0.4, 0.5) is 19.0 Å². The Balaban J connectivity index is 1.75. The number of aromatic amines is 1. The van der Waals surface area contributed by atoms with Crippen molar-refractivity contribution in [3.63, 3.8) is 0 Å². The third-order valence-corrected chi connectivity index (χ3v) is 3.31. The second-order valence-electron chi connectivity index (χ2n) is 4.87. The van der Waals surface area contributed by atoms with Gasteiger partial charge in [0.15, 0.2) is 5.65 Å². The van der Waals surface area contributed by atoms with Gasteiger partial charge in [-0.05, 0) is 17.7 Å². The molecule has 0 fully saturated rings. The van der Waals surface area contributed by atoms with Crippen LogP contribution in [0.1, 0.15) is 17.2 Å². The molecule has 1 aromatic carbocycles. The molecule has 0 saturated heterocycles. The maximum Gasteiger partial charge on any atom is 0.416 e. The molecule has 9 heteroatoms. The largest absolute Gasteiger partial charge is 0.416 e. The number of nitrogens with one attached hydrogen (secondary N) is 2. The van der Waals surface area contributed by atoms with Gasteiger partial charge in [0.25, 0.3) is 0 Å². The summed E-state index contributed by atoms with van der Waals surface area (Å²) in [5.74, 6) is 0.440. The lowest BCUT2D eigenvalue weighted by atomic mass is 10.1. The predicted molar refractivity (Wildman–Crippen MR) is 76.6 cm³/mol. The van der Waals surface area contributed by atoms with Gasteiger partial charge in [-0.3, -0.25) is 5.10 Å². The van der Waals surface area contributed by atoms with E-state index < -0.39 is 17.8 Å². The molecule has 0 radical (unpaired) electrons. The van der Waals surface area contributed by atoms with E-state index in [4.69, 9.17) is 0 Å². The van der Waals surface area contributed by atoms with Gasteiger partial charge in [-0.25, -0.2) is 9.97 Å². The van der Waals surface area contributed by atoms with Crippen LogP contribution in [0.25, 0.3) is 11.0 Å². The Morgan fingerprint density at radius 3 is 2.87 bits per heavy atom. The van der Waals surface area contributed by atoms with Crippen molar-refractivity contribution in [3.05, 3.63) is 47.9 Å². The van der Waals surface area contributed by atoms with E-state index in [0.29, 0.717) is 16.9 Å². The monoisotopic (exact) mass is 323 g/mol. The zero-order valence-corrected chi connectivity index (χ0v) is 11.7. The van der Waals surface area contributed by atoms with Gasteiger partial charge in [0.1, 0.15) is 12.1 Å². The van der Waals surface area contributed by atoms with E-state index in [2.05, 4.69) is 25.5 Å². The summed E-state index contributed by atoms with van der Waals surface area (Å²) in [6.45, 7) is -0.00139. The van der Waals surface area contributed by atoms with Crippen molar-refractivity contribution in [2.45, 2.75) is 12.3 Å². The lowest BCUT2D eigenvalue weighted by Crippen LogP contribution is -2.14. The molecule has 1 atom stereocenters. The molecular weight excluding hydrogens is 311 g/mol. The normalized spacial score (nSPS) is 13.2. The molecule has 0 amide bonds. The Morgan fingerprint density at radius 2 is 2.09 bits per heavy atom. The number of anilines is 1. The average Bonchev–Trinajstić information content (AvgIpc) is 3.01. The van der Waals surface area contributed by atoms with Gasteiger partial charge in [0, 0.05) is 6.54 Å². The zero-order valence-electron chi connectivity index (χ0n) is 11.7. The smallest absolute Gasteiger partial charge is 0.387 e. The summed E-state index contributed by atoms with van der Waals surface area (Å²) >= 11 is 0. The predicted octanol–water partition coefficient (Wildman–Crippen LogP) is 2.52. The molecule has 1 unspecified atom stereocenters. The SMILES string of the molecule is OC(CNc1ncnc2[nH]ncc12)c1cccc(C(F)(F)F)c1. The van der Waals surface area contributed by atoms with Gasteiger partial charge in [-0.2, -0.15) is 18.3 Å². The van der Waals surface area contributed by atoms with Crippen molar-refractivity contribution < 1.29 is 18.3 Å². The zero-order chi connectivity index (χ0) is 16.4. The summed E-state index contributed by atoms with van der Waals surface area (Å²) in [4.78, 5) is 8.00. The molecule has 2 aromatic heterocycles. The molecule has 2 heterocycles. The van der Waals surface area contributed by atoms with Gasteiger partial charge in [0.2, 0.25) is 0 Å². The number of rotatable bonds is 4. The number of nitrogens with zero attached hydrogens (tertiary/aromatic N) is 3. The van der Waals surface area contributed by atoms with Crippen molar-refractivity contribution in [1.29, 1.82) is 0 Å². The minimum atomic E-state index is -4.45. The third kappa shape index (κ3) is 3.24. The van der Waals surface area contributed by atoms with Gasteiger partial charge < -0.3 is 10.4 Å². The van der Waals surface area contributed by atoms with Crippen molar-refractivity contribution in [2.24, 2.45) is 0 Å². The molecule has 0 aliphatic rings. The summed E-state index contributed by atoms with van der Waals surface area (Å²) in [5, 5.41) is 20.1. The number of hydrogen-bond acceptors (Lipinski definition) is 5. The maximum atomic E-state index is 12.7. The maximum absolute atomic E-state index is 12.7. The first kappa shape index (κ1) is 15.2. The Labute approximate surface area is 128 Å². The summed E-state index contributed by atoms with van der Waals surface area (Å²) in [5.41, 5.74) is -0.103. The number of aliphatic hydroxyl groups excluding tert-OH is 1. The second kappa shape index (κ2) is 5.84. The number of benzene rings is 1. The molecule has 3 rings (SSSR count). The fourth-order valence-electron chi connectivity index (χ4n) is 2.14. The highest BCUT2D eigenvalue weighted by atomic mass is 19.4. The van der Waals surface area contributed by atoms with Crippen LogP contribution in [-0.2, 0) is 6.18 Å². The first-order valence-corrected chi connectivity index (χ1v) is 6.68. The van der Waals surface area contributed by atoms with Crippen LogP contribution < -0.4 is 5.32 Å². The van der Waals surface area contributed by atoms with Crippen molar-refractivity contribution >= 4 is 16.9 Å². The number of alkyl halides is 3. The van der Waals surface area contributed by atoms with Gasteiger partial charge >= 0.3 is 6.18 Å². The number of hydrogen-bond donors (Lipinski definition) is 3. The molecule has 0 aliphatic heterocycles. The highest BCUT2D eigenvalue weighted by molar-refractivity contribution is 5.85. The quantitative estimate of drug-likeness (QED) is 0.687. The van der Waals surface area contributed by atoms with E-state index >= 15 is 0 Å². The first-order valence-electron chi connectivity index (χ1n) is 6.68. The third-order valence-electron chi connectivity index (χ3n) is 3.31. The van der Waals surface area contributed by atoms with E-state index in [9.17, 15) is 18.3 Å². The van der Waals surface area contributed by atoms with E-state index in [1.807, 2.05) is 0 Å². The van der Waals surface area contributed by atoms with Gasteiger partial charge in [0.05, 0.1) is 23.3 Å². The highest BCUT2D eigenvalue weighted by Gasteiger charge is 2.30. The Morgan fingerprint density at radius 1 is 1.26 bits per heavy atom. The van der Waals surface area contributed by atoms with Crippen molar-refractivity contribution in [1.82, 2.24) is 20.2 Å². The lowest BCUT2D eigenvalue weighted by Gasteiger charge is -2.15. The number of H-pyrrole nitrogens is 1. The van der Waals surface area contributed by atoms with Crippen LogP contribution in [0.3, 0.4) is 0 Å².